The van der Waals surface area contributed by atoms with Crippen molar-refractivity contribution < 1.29 is 9.47 Å². The van der Waals surface area contributed by atoms with E-state index in [1.165, 1.54) is 0 Å². The average Bonchev–Trinajstić information content (AvgIpc) is 2.60. The van der Waals surface area contributed by atoms with Gasteiger partial charge >= 0.3 is 0 Å². The molecule has 2 heterocycles. The Morgan fingerprint density at radius 1 is 1.50 bits per heavy atom. The Kier molecular flexibility index (Phi) is 7.77. The number of ether oxygens (including phenoxy) is 2. The molecule has 0 spiro atoms. The zero-order chi connectivity index (χ0) is 17.2. The second kappa shape index (κ2) is 10.1. The van der Waals surface area contributed by atoms with Gasteiger partial charge in [-0.15, -0.1) is 0 Å². The first-order chi connectivity index (χ1) is 11.7. The van der Waals surface area contributed by atoms with Crippen molar-refractivity contribution in [1.82, 2.24) is 15.6 Å². The van der Waals surface area contributed by atoms with Gasteiger partial charge in [0.05, 0.1) is 25.9 Å². The van der Waals surface area contributed by atoms with Crippen molar-refractivity contribution in [2.45, 2.75) is 26.5 Å². The van der Waals surface area contributed by atoms with Crippen molar-refractivity contribution in [2.75, 3.05) is 51.4 Å². The monoisotopic (exact) mass is 335 g/mol. The minimum Gasteiger partial charge on any atom is -0.383 e. The standard InChI is InChI=1S/C17H29N5O2/c1-4-18-17(20-7-9-23-3)21-12-15-5-6-19-16(11-15)22-8-10-24-14(2)13-22/h5-6,11,14H,4,7-10,12-13H2,1-3H3,(H2,18,20,21). The molecule has 0 radical (unpaired) electrons. The molecule has 0 aliphatic carbocycles. The van der Waals surface area contributed by atoms with E-state index in [1.807, 2.05) is 12.3 Å². The molecule has 1 fully saturated rings. The van der Waals surface area contributed by atoms with Crippen LogP contribution < -0.4 is 15.5 Å². The fourth-order valence-corrected chi connectivity index (χ4v) is 2.54. The lowest BCUT2D eigenvalue weighted by Crippen LogP contribution is -2.41. The molecule has 0 bridgehead atoms. The maximum Gasteiger partial charge on any atom is 0.191 e. The second-order valence-corrected chi connectivity index (χ2v) is 5.76. The molecule has 2 rings (SSSR count). The Bertz CT molecular complexity index is 523. The van der Waals surface area contributed by atoms with Gasteiger partial charge in [0.2, 0.25) is 0 Å². The van der Waals surface area contributed by atoms with E-state index in [1.54, 1.807) is 7.11 Å². The highest BCUT2D eigenvalue weighted by Gasteiger charge is 2.17. The topological polar surface area (TPSA) is 71.0 Å². The van der Waals surface area contributed by atoms with Gasteiger partial charge in [0.25, 0.3) is 0 Å². The maximum absolute atomic E-state index is 5.59. The Labute approximate surface area is 144 Å². The van der Waals surface area contributed by atoms with Crippen molar-refractivity contribution in [3.63, 3.8) is 0 Å². The quantitative estimate of drug-likeness (QED) is 0.440. The number of guanidine groups is 1. The van der Waals surface area contributed by atoms with E-state index in [0.29, 0.717) is 13.2 Å². The van der Waals surface area contributed by atoms with Gasteiger partial charge in [-0.3, -0.25) is 0 Å². The normalized spacial score (nSPS) is 18.5. The summed E-state index contributed by atoms with van der Waals surface area (Å²) in [5.74, 6) is 1.79. The molecule has 2 N–H and O–H groups in total. The number of nitrogens with zero attached hydrogens (tertiary/aromatic N) is 3. The smallest absolute Gasteiger partial charge is 0.191 e. The molecule has 1 unspecified atom stereocenters. The third kappa shape index (κ3) is 5.98. The van der Waals surface area contributed by atoms with Crippen LogP contribution in [0.3, 0.4) is 0 Å². The van der Waals surface area contributed by atoms with E-state index in [-0.39, 0.29) is 6.10 Å². The first kappa shape index (κ1) is 18.5. The molecular formula is C17H29N5O2. The maximum atomic E-state index is 5.59. The summed E-state index contributed by atoms with van der Waals surface area (Å²) in [5.41, 5.74) is 1.14. The lowest BCUT2D eigenvalue weighted by molar-refractivity contribution is 0.0529. The molecule has 1 aliphatic heterocycles. The van der Waals surface area contributed by atoms with Crippen LogP contribution in [0, 0.1) is 0 Å². The van der Waals surface area contributed by atoms with Crippen molar-refractivity contribution in [2.24, 2.45) is 4.99 Å². The van der Waals surface area contributed by atoms with E-state index in [0.717, 1.165) is 50.1 Å². The van der Waals surface area contributed by atoms with Crippen LogP contribution >= 0.6 is 0 Å². The minimum atomic E-state index is 0.243. The van der Waals surface area contributed by atoms with Crippen LogP contribution in [0.1, 0.15) is 19.4 Å². The van der Waals surface area contributed by atoms with Gasteiger partial charge in [0.15, 0.2) is 5.96 Å². The molecule has 0 aromatic carbocycles. The number of nitrogens with one attached hydrogen (secondary N) is 2. The van der Waals surface area contributed by atoms with E-state index in [4.69, 9.17) is 9.47 Å². The molecule has 1 aromatic rings. The van der Waals surface area contributed by atoms with Gasteiger partial charge in [-0.2, -0.15) is 0 Å². The summed E-state index contributed by atoms with van der Waals surface area (Å²) in [5, 5.41) is 6.48. The van der Waals surface area contributed by atoms with Gasteiger partial charge in [-0.1, -0.05) is 0 Å². The van der Waals surface area contributed by atoms with Crippen LogP contribution in [0.15, 0.2) is 23.3 Å². The van der Waals surface area contributed by atoms with E-state index >= 15 is 0 Å². The van der Waals surface area contributed by atoms with Gasteiger partial charge in [0, 0.05) is 39.5 Å². The highest BCUT2D eigenvalue weighted by Crippen LogP contribution is 2.16. The van der Waals surface area contributed by atoms with Gasteiger partial charge in [-0.05, 0) is 31.5 Å². The molecule has 0 amide bonds. The fraction of sp³-hybridized carbons (Fsp3) is 0.647. The molecular weight excluding hydrogens is 306 g/mol. The van der Waals surface area contributed by atoms with Crippen LogP contribution in [-0.4, -0.2) is 63.6 Å². The number of methoxy groups -OCH3 is 1. The summed E-state index contributed by atoms with van der Waals surface area (Å²) in [6.45, 7) is 9.47. The number of rotatable bonds is 7. The van der Waals surface area contributed by atoms with Crippen LogP contribution in [-0.2, 0) is 16.0 Å². The summed E-state index contributed by atoms with van der Waals surface area (Å²) >= 11 is 0. The second-order valence-electron chi connectivity index (χ2n) is 5.76. The molecule has 24 heavy (non-hydrogen) atoms. The summed E-state index contributed by atoms with van der Waals surface area (Å²) in [7, 11) is 1.69. The number of anilines is 1. The summed E-state index contributed by atoms with van der Waals surface area (Å²) in [6.07, 6.45) is 2.10. The minimum absolute atomic E-state index is 0.243. The van der Waals surface area contributed by atoms with E-state index in [9.17, 15) is 0 Å². The third-order valence-electron chi connectivity index (χ3n) is 3.74. The highest BCUT2D eigenvalue weighted by molar-refractivity contribution is 5.79. The fourth-order valence-electron chi connectivity index (χ4n) is 2.54. The number of aromatic nitrogens is 1. The lowest BCUT2D eigenvalue weighted by atomic mass is 10.2. The highest BCUT2D eigenvalue weighted by atomic mass is 16.5. The molecule has 0 saturated carbocycles. The summed E-state index contributed by atoms with van der Waals surface area (Å²) in [6, 6.07) is 4.12. The number of hydrogen-bond acceptors (Lipinski definition) is 5. The van der Waals surface area contributed by atoms with E-state index in [2.05, 4.69) is 45.4 Å². The van der Waals surface area contributed by atoms with Gasteiger partial charge in [0.1, 0.15) is 5.82 Å². The number of hydrogen-bond donors (Lipinski definition) is 2. The van der Waals surface area contributed by atoms with Crippen molar-refractivity contribution in [1.29, 1.82) is 0 Å². The first-order valence-corrected chi connectivity index (χ1v) is 8.55. The SMILES string of the molecule is CCNC(=NCc1ccnc(N2CCOC(C)C2)c1)NCCOC. The zero-order valence-electron chi connectivity index (χ0n) is 14.9. The summed E-state index contributed by atoms with van der Waals surface area (Å²) in [4.78, 5) is 11.4. The number of morpholine rings is 1. The van der Waals surface area contributed by atoms with Crippen molar-refractivity contribution >= 4 is 11.8 Å². The van der Waals surface area contributed by atoms with Crippen molar-refractivity contribution in [3.05, 3.63) is 23.9 Å². The van der Waals surface area contributed by atoms with Crippen LogP contribution in [0.25, 0.3) is 0 Å². The number of aliphatic imine (C=N–C) groups is 1. The molecule has 1 aliphatic rings. The molecule has 134 valence electrons. The molecule has 1 saturated heterocycles. The zero-order valence-corrected chi connectivity index (χ0v) is 14.9. The molecule has 7 nitrogen and oxygen atoms in total. The third-order valence-corrected chi connectivity index (χ3v) is 3.74. The number of pyridine rings is 1. The Morgan fingerprint density at radius 3 is 3.12 bits per heavy atom. The average molecular weight is 335 g/mol. The largest absolute Gasteiger partial charge is 0.383 e. The molecule has 1 atom stereocenters. The Hall–Kier alpha value is -1.86. The van der Waals surface area contributed by atoms with Crippen LogP contribution in [0.4, 0.5) is 5.82 Å². The van der Waals surface area contributed by atoms with Gasteiger partial charge < -0.3 is 25.0 Å². The first-order valence-electron chi connectivity index (χ1n) is 8.55. The Morgan fingerprint density at radius 2 is 2.38 bits per heavy atom. The summed E-state index contributed by atoms with van der Waals surface area (Å²) < 4.78 is 10.6. The van der Waals surface area contributed by atoms with Crippen LogP contribution in [0.5, 0.6) is 0 Å². The lowest BCUT2D eigenvalue weighted by Gasteiger charge is -2.32. The van der Waals surface area contributed by atoms with E-state index < -0.39 is 0 Å². The van der Waals surface area contributed by atoms with Crippen molar-refractivity contribution in [3.8, 4) is 0 Å². The predicted octanol–water partition coefficient (Wildman–Crippen LogP) is 1.01. The molecule has 1 aromatic heterocycles. The predicted molar refractivity (Wildman–Crippen MR) is 96.6 cm³/mol. The van der Waals surface area contributed by atoms with Gasteiger partial charge in [-0.25, -0.2) is 9.98 Å². The van der Waals surface area contributed by atoms with Crippen LogP contribution in [0.2, 0.25) is 0 Å². The Balaban J connectivity index is 1.97. The molecule has 7 heteroatoms.